The van der Waals surface area contributed by atoms with Crippen molar-refractivity contribution in [3.63, 3.8) is 0 Å². The number of esters is 2. The van der Waals surface area contributed by atoms with Crippen molar-refractivity contribution in [1.29, 1.82) is 0 Å². The van der Waals surface area contributed by atoms with Gasteiger partial charge in [-0.3, -0.25) is 14.4 Å². The summed E-state index contributed by atoms with van der Waals surface area (Å²) in [6, 6.07) is 18.0. The molecule has 1 fully saturated rings. The highest BCUT2D eigenvalue weighted by atomic mass is 28.4. The summed E-state index contributed by atoms with van der Waals surface area (Å²) in [6.45, 7) is 13.7. The molecule has 1 aliphatic rings. The van der Waals surface area contributed by atoms with Crippen molar-refractivity contribution in [2.45, 2.75) is 77.9 Å². The number of amides is 1. The van der Waals surface area contributed by atoms with E-state index in [2.05, 4.69) is 26.1 Å². The molecule has 0 aromatic heterocycles. The summed E-state index contributed by atoms with van der Waals surface area (Å²) < 4.78 is 22.6. The Hall–Kier alpha value is -3.50. The predicted octanol–water partition coefficient (Wildman–Crippen LogP) is 3.48. The number of Topliss-reactive ketones (excluding diaryl/α,β-unsaturated/α-hetero) is 1. The molecule has 2 aromatic carbocycles. The van der Waals surface area contributed by atoms with Crippen LogP contribution in [0.1, 0.15) is 55.4 Å². The number of benzene rings is 2. The molecule has 1 saturated heterocycles. The van der Waals surface area contributed by atoms with Crippen molar-refractivity contribution in [3.8, 4) is 0 Å². The summed E-state index contributed by atoms with van der Waals surface area (Å²) in [5.74, 6) is -6.39. The normalized spacial score (nSPS) is 16.9. The van der Waals surface area contributed by atoms with Crippen LogP contribution in [0.25, 0.3) is 0 Å². The third kappa shape index (κ3) is 6.97. The zero-order valence-electron chi connectivity index (χ0n) is 24.4. The van der Waals surface area contributed by atoms with Crippen molar-refractivity contribution >= 4 is 42.5 Å². The van der Waals surface area contributed by atoms with E-state index in [4.69, 9.17) is 18.6 Å². The van der Waals surface area contributed by atoms with E-state index in [1.165, 1.54) is 13.8 Å². The van der Waals surface area contributed by atoms with Crippen LogP contribution in [0.3, 0.4) is 0 Å². The molecule has 40 heavy (non-hydrogen) atoms. The van der Waals surface area contributed by atoms with Crippen LogP contribution in [-0.2, 0) is 33.0 Å². The fourth-order valence-corrected chi connectivity index (χ4v) is 9.34. The van der Waals surface area contributed by atoms with Gasteiger partial charge in [-0.25, -0.2) is 4.79 Å². The van der Waals surface area contributed by atoms with E-state index >= 15 is 0 Å². The molecule has 1 aliphatic heterocycles. The summed E-state index contributed by atoms with van der Waals surface area (Å²) in [6.07, 6.45) is -0.894. The van der Waals surface area contributed by atoms with E-state index < -0.39 is 60.5 Å². The van der Waals surface area contributed by atoms with Crippen molar-refractivity contribution in [1.82, 2.24) is 5.32 Å². The molecule has 1 N–H and O–H groups in total. The summed E-state index contributed by atoms with van der Waals surface area (Å²) in [4.78, 5) is 52.1. The number of nitrogens with one attached hydrogen (secondary N) is 1. The minimum Gasteiger partial charge on any atom is -0.444 e. The first-order chi connectivity index (χ1) is 18.5. The topological polar surface area (TPSA) is 117 Å². The Morgan fingerprint density at radius 2 is 1.32 bits per heavy atom. The monoisotopic (exact) mass is 569 g/mol. The van der Waals surface area contributed by atoms with Crippen molar-refractivity contribution in [3.05, 3.63) is 60.7 Å². The molecule has 2 aromatic rings. The number of alkyl carbamates (subject to hydrolysis) is 1. The molecule has 10 heteroatoms. The zero-order chi connectivity index (χ0) is 29.9. The first-order valence-electron chi connectivity index (χ1n) is 13.2. The van der Waals surface area contributed by atoms with Crippen molar-refractivity contribution in [2.24, 2.45) is 5.92 Å². The van der Waals surface area contributed by atoms with Crippen LogP contribution < -0.4 is 15.7 Å². The van der Waals surface area contributed by atoms with Gasteiger partial charge in [-0.05, 0) is 36.2 Å². The summed E-state index contributed by atoms with van der Waals surface area (Å²) in [5.41, 5.74) is -0.858. The lowest BCUT2D eigenvalue weighted by Crippen LogP contribution is -2.68. The Kier molecular flexibility index (Phi) is 8.95. The van der Waals surface area contributed by atoms with Gasteiger partial charge in [0.25, 0.3) is 14.1 Å². The maximum absolute atomic E-state index is 13.7. The maximum atomic E-state index is 13.7. The van der Waals surface area contributed by atoms with Crippen molar-refractivity contribution in [2.75, 3.05) is 6.61 Å². The Bertz CT molecular complexity index is 1170. The zero-order valence-corrected chi connectivity index (χ0v) is 25.4. The van der Waals surface area contributed by atoms with Gasteiger partial charge in [-0.15, -0.1) is 0 Å². The Morgan fingerprint density at radius 3 is 1.73 bits per heavy atom. The quantitative estimate of drug-likeness (QED) is 0.292. The van der Waals surface area contributed by atoms with Crippen LogP contribution in [0.2, 0.25) is 5.04 Å². The molecule has 3 rings (SSSR count). The van der Waals surface area contributed by atoms with E-state index in [1.54, 1.807) is 20.8 Å². The van der Waals surface area contributed by atoms with Crippen LogP contribution >= 0.6 is 0 Å². The molecule has 1 atom stereocenters. The fourth-order valence-electron chi connectivity index (χ4n) is 4.77. The van der Waals surface area contributed by atoms with Gasteiger partial charge in [0.1, 0.15) is 11.6 Å². The molecule has 0 spiro atoms. The second-order valence-corrected chi connectivity index (χ2v) is 16.6. The molecule has 0 aliphatic carbocycles. The Morgan fingerprint density at radius 1 is 0.875 bits per heavy atom. The van der Waals surface area contributed by atoms with E-state index in [-0.39, 0.29) is 6.61 Å². The molecular formula is C30H39NO8Si. The lowest BCUT2D eigenvalue weighted by Gasteiger charge is -2.43. The lowest BCUT2D eigenvalue weighted by atomic mass is 9.97. The first-order valence-corrected chi connectivity index (χ1v) is 15.1. The lowest BCUT2D eigenvalue weighted by molar-refractivity contribution is -0.238. The van der Waals surface area contributed by atoms with E-state index in [0.29, 0.717) is 0 Å². The third-order valence-electron chi connectivity index (χ3n) is 6.37. The Balaban J connectivity index is 2.05. The minimum atomic E-state index is -3.14. The van der Waals surface area contributed by atoms with E-state index in [1.807, 2.05) is 60.7 Å². The Labute approximate surface area is 236 Å². The number of hydrogen-bond donors (Lipinski definition) is 1. The van der Waals surface area contributed by atoms with Crippen LogP contribution in [-0.4, -0.2) is 56.2 Å². The maximum Gasteiger partial charge on any atom is 0.408 e. The largest absolute Gasteiger partial charge is 0.444 e. The first kappa shape index (κ1) is 31.0. The van der Waals surface area contributed by atoms with Gasteiger partial charge in [0.05, 0.1) is 6.61 Å². The number of hydrogen-bond acceptors (Lipinski definition) is 8. The SMILES string of the molecule is CC(C)(C)OC(=O)NC(CO[Si](c1ccccc1)(c1ccccc1)C(C)(C)C)C(=O)C1C(=O)OC(C)(C)OC1=O. The molecule has 1 amide bonds. The highest BCUT2D eigenvalue weighted by Crippen LogP contribution is 2.37. The second kappa shape index (κ2) is 11.5. The number of carbonyl (C=O) groups is 4. The van der Waals surface area contributed by atoms with Gasteiger partial charge < -0.3 is 24.0 Å². The fraction of sp³-hybridized carbons (Fsp3) is 0.467. The highest BCUT2D eigenvalue weighted by molar-refractivity contribution is 6.99. The van der Waals surface area contributed by atoms with Crippen LogP contribution in [0, 0.1) is 5.92 Å². The van der Waals surface area contributed by atoms with Gasteiger partial charge in [0, 0.05) is 13.8 Å². The standard InChI is InChI=1S/C30H39NO8Si/c1-28(2,3)39-27(35)31-22(24(32)23-25(33)37-30(7,8)38-26(23)34)19-36-40(29(4,5)6,20-15-11-9-12-16-20)21-17-13-10-14-18-21/h9-18,22-23H,19H2,1-8H3,(H,31,35). The van der Waals surface area contributed by atoms with Crippen LogP contribution in [0.4, 0.5) is 4.79 Å². The second-order valence-electron chi connectivity index (χ2n) is 12.3. The number of cyclic esters (lactones) is 2. The highest BCUT2D eigenvalue weighted by Gasteiger charge is 2.53. The molecular weight excluding hydrogens is 530 g/mol. The van der Waals surface area contributed by atoms with Gasteiger partial charge in [-0.2, -0.15) is 0 Å². The van der Waals surface area contributed by atoms with Gasteiger partial charge in [0.2, 0.25) is 5.92 Å². The average molecular weight is 570 g/mol. The number of ether oxygens (including phenoxy) is 3. The molecule has 0 radical (unpaired) electrons. The molecule has 216 valence electrons. The summed E-state index contributed by atoms with van der Waals surface area (Å²) in [7, 11) is -3.14. The minimum absolute atomic E-state index is 0.328. The molecule has 1 heterocycles. The van der Waals surface area contributed by atoms with E-state index in [0.717, 1.165) is 10.4 Å². The molecule has 9 nitrogen and oxygen atoms in total. The molecule has 1 unspecified atom stereocenters. The number of rotatable bonds is 8. The van der Waals surface area contributed by atoms with Crippen molar-refractivity contribution < 1.29 is 37.8 Å². The van der Waals surface area contributed by atoms with Gasteiger partial charge in [-0.1, -0.05) is 81.4 Å². The smallest absolute Gasteiger partial charge is 0.408 e. The predicted molar refractivity (Wildman–Crippen MR) is 151 cm³/mol. The average Bonchev–Trinajstić information content (AvgIpc) is 2.81. The van der Waals surface area contributed by atoms with Crippen LogP contribution in [0.15, 0.2) is 60.7 Å². The van der Waals surface area contributed by atoms with Gasteiger partial charge in [0.15, 0.2) is 5.78 Å². The third-order valence-corrected chi connectivity index (χ3v) is 11.4. The summed E-state index contributed by atoms with van der Waals surface area (Å²) in [5, 5.41) is 4.01. The number of ketones is 1. The molecule has 0 saturated carbocycles. The summed E-state index contributed by atoms with van der Waals surface area (Å²) >= 11 is 0. The van der Waals surface area contributed by atoms with E-state index in [9.17, 15) is 19.2 Å². The van der Waals surface area contributed by atoms with Gasteiger partial charge >= 0.3 is 18.0 Å². The number of carbonyl (C=O) groups excluding carboxylic acids is 4. The molecule has 0 bridgehead atoms. The van der Waals surface area contributed by atoms with Crippen LogP contribution in [0.5, 0.6) is 0 Å².